The number of rotatable bonds is 3. The molecule has 1 aliphatic rings. The first-order valence-electron chi connectivity index (χ1n) is 7.59. The van der Waals surface area contributed by atoms with Crippen molar-refractivity contribution in [1.29, 1.82) is 0 Å². The number of hydrogen-bond donors (Lipinski definition) is 1. The molecule has 0 spiro atoms. The van der Waals surface area contributed by atoms with Gasteiger partial charge in [0.1, 0.15) is 18.0 Å². The number of aryl methyl sites for hydroxylation is 2. The highest BCUT2D eigenvalue weighted by Gasteiger charge is 2.26. The number of hydrogen-bond acceptors (Lipinski definition) is 4. The molecule has 114 valence electrons. The van der Waals surface area contributed by atoms with E-state index in [0.29, 0.717) is 0 Å². The van der Waals surface area contributed by atoms with E-state index in [1.54, 1.807) is 6.33 Å². The van der Waals surface area contributed by atoms with Crippen molar-refractivity contribution in [3.05, 3.63) is 29.4 Å². The third-order valence-electron chi connectivity index (χ3n) is 4.02. The van der Waals surface area contributed by atoms with Gasteiger partial charge in [-0.25, -0.2) is 4.98 Å². The molecule has 0 saturated heterocycles. The smallest absolute Gasteiger partial charge is 0.134 e. The molecule has 0 aromatic carbocycles. The van der Waals surface area contributed by atoms with Crippen LogP contribution in [0.2, 0.25) is 0 Å². The number of nitrogens with one attached hydrogen (secondary N) is 1. The Bertz CT molecular complexity index is 631. The third kappa shape index (κ3) is 2.72. The summed E-state index contributed by atoms with van der Waals surface area (Å²) in [6.07, 6.45) is 3.69. The molecule has 0 aliphatic carbocycles. The van der Waals surface area contributed by atoms with E-state index in [-0.39, 0.29) is 5.41 Å². The highest BCUT2D eigenvalue weighted by atomic mass is 15.2. The van der Waals surface area contributed by atoms with Crippen LogP contribution < -0.4 is 5.32 Å². The highest BCUT2D eigenvalue weighted by molar-refractivity contribution is 5.23. The summed E-state index contributed by atoms with van der Waals surface area (Å²) in [5.74, 6) is 2.20. The van der Waals surface area contributed by atoms with E-state index in [1.807, 2.05) is 11.6 Å². The fourth-order valence-electron chi connectivity index (χ4n) is 2.93. The first-order chi connectivity index (χ1) is 9.97. The van der Waals surface area contributed by atoms with Crippen LogP contribution in [0.15, 0.2) is 6.33 Å². The molecule has 0 unspecified atom stereocenters. The van der Waals surface area contributed by atoms with Crippen LogP contribution in [0.1, 0.15) is 43.8 Å². The molecule has 0 bridgehead atoms. The minimum Gasteiger partial charge on any atom is -0.331 e. The second kappa shape index (κ2) is 5.26. The van der Waals surface area contributed by atoms with E-state index in [9.17, 15) is 0 Å². The summed E-state index contributed by atoms with van der Waals surface area (Å²) in [4.78, 5) is 4.90. The lowest BCUT2D eigenvalue weighted by molar-refractivity contribution is 0.484. The molecule has 6 heteroatoms. The maximum absolute atomic E-state index is 4.90. The fraction of sp³-hybridized carbons (Fsp3) is 0.667. The minimum atomic E-state index is 0.0528. The Hall–Kier alpha value is -1.69. The van der Waals surface area contributed by atoms with Crippen molar-refractivity contribution in [3.63, 3.8) is 0 Å². The number of aromatic nitrogens is 5. The average molecular weight is 288 g/mol. The number of imidazole rings is 1. The molecule has 3 rings (SSSR count). The maximum Gasteiger partial charge on any atom is 0.134 e. The molecular weight excluding hydrogens is 264 g/mol. The van der Waals surface area contributed by atoms with Gasteiger partial charge in [0.25, 0.3) is 0 Å². The van der Waals surface area contributed by atoms with Crippen LogP contribution in [-0.2, 0) is 38.4 Å². The Kier molecular flexibility index (Phi) is 3.57. The topological polar surface area (TPSA) is 60.6 Å². The summed E-state index contributed by atoms with van der Waals surface area (Å²) >= 11 is 0. The van der Waals surface area contributed by atoms with Crippen LogP contribution in [0.3, 0.4) is 0 Å². The Morgan fingerprint density at radius 1 is 1.33 bits per heavy atom. The SMILES string of the molecule is Cn1cnnc1CCn1c(C(C)(C)C)nc2c1CCNC2. The number of fused-ring (bicyclic) bond motifs is 1. The van der Waals surface area contributed by atoms with Gasteiger partial charge in [0.2, 0.25) is 0 Å². The zero-order valence-corrected chi connectivity index (χ0v) is 13.3. The Balaban J connectivity index is 1.92. The quantitative estimate of drug-likeness (QED) is 0.922. The molecule has 3 heterocycles. The van der Waals surface area contributed by atoms with Crippen LogP contribution in [0.4, 0.5) is 0 Å². The van der Waals surface area contributed by atoms with Gasteiger partial charge in [0.05, 0.1) is 5.69 Å². The van der Waals surface area contributed by atoms with Gasteiger partial charge in [0.15, 0.2) is 0 Å². The van der Waals surface area contributed by atoms with Crippen LogP contribution in [0.5, 0.6) is 0 Å². The summed E-state index contributed by atoms with van der Waals surface area (Å²) in [6.45, 7) is 9.52. The van der Waals surface area contributed by atoms with E-state index >= 15 is 0 Å². The molecule has 1 N–H and O–H groups in total. The van der Waals surface area contributed by atoms with Gasteiger partial charge >= 0.3 is 0 Å². The lowest BCUT2D eigenvalue weighted by atomic mass is 9.95. The summed E-state index contributed by atoms with van der Waals surface area (Å²) < 4.78 is 4.40. The normalized spacial score (nSPS) is 15.2. The molecular formula is C15H24N6. The minimum absolute atomic E-state index is 0.0528. The van der Waals surface area contributed by atoms with Crippen molar-refractivity contribution in [1.82, 2.24) is 29.6 Å². The van der Waals surface area contributed by atoms with Crippen molar-refractivity contribution in [2.24, 2.45) is 7.05 Å². The van der Waals surface area contributed by atoms with E-state index in [2.05, 4.69) is 40.9 Å². The maximum atomic E-state index is 4.90. The monoisotopic (exact) mass is 288 g/mol. The van der Waals surface area contributed by atoms with Crippen molar-refractivity contribution in [3.8, 4) is 0 Å². The first-order valence-corrected chi connectivity index (χ1v) is 7.59. The molecule has 2 aromatic rings. The third-order valence-corrected chi connectivity index (χ3v) is 4.02. The largest absolute Gasteiger partial charge is 0.331 e. The van der Waals surface area contributed by atoms with E-state index in [4.69, 9.17) is 4.98 Å². The highest BCUT2D eigenvalue weighted by Crippen LogP contribution is 2.26. The van der Waals surface area contributed by atoms with Crippen LogP contribution in [0, 0.1) is 0 Å². The van der Waals surface area contributed by atoms with Crippen LogP contribution in [0.25, 0.3) is 0 Å². The van der Waals surface area contributed by atoms with E-state index in [0.717, 1.165) is 38.3 Å². The van der Waals surface area contributed by atoms with Gasteiger partial charge in [-0.05, 0) is 0 Å². The zero-order chi connectivity index (χ0) is 15.0. The predicted molar refractivity (Wildman–Crippen MR) is 81.0 cm³/mol. The molecule has 0 saturated carbocycles. The van der Waals surface area contributed by atoms with Gasteiger partial charge in [-0.3, -0.25) is 0 Å². The lowest BCUT2D eigenvalue weighted by Gasteiger charge is -2.21. The van der Waals surface area contributed by atoms with E-state index in [1.165, 1.54) is 17.2 Å². The second-order valence-electron chi connectivity index (χ2n) is 6.77. The Morgan fingerprint density at radius 2 is 2.14 bits per heavy atom. The van der Waals surface area contributed by atoms with Crippen LogP contribution >= 0.6 is 0 Å². The summed E-state index contributed by atoms with van der Waals surface area (Å²) in [5.41, 5.74) is 2.65. The molecule has 2 aromatic heterocycles. The van der Waals surface area contributed by atoms with Crippen LogP contribution in [-0.4, -0.2) is 30.9 Å². The van der Waals surface area contributed by atoms with Crippen molar-refractivity contribution < 1.29 is 0 Å². The molecule has 1 aliphatic heterocycles. The number of nitrogens with zero attached hydrogens (tertiary/aromatic N) is 5. The summed E-state index contributed by atoms with van der Waals surface area (Å²) in [7, 11) is 1.99. The molecule has 0 fully saturated rings. The predicted octanol–water partition coefficient (Wildman–Crippen LogP) is 1.20. The van der Waals surface area contributed by atoms with Crippen molar-refractivity contribution >= 4 is 0 Å². The van der Waals surface area contributed by atoms with Crippen molar-refractivity contribution in [2.75, 3.05) is 6.54 Å². The molecule has 21 heavy (non-hydrogen) atoms. The standard InChI is InChI=1S/C15H24N6/c1-15(2,3)14-18-11-9-16-7-5-12(11)21(14)8-6-13-19-17-10-20(13)4/h10,16H,5-9H2,1-4H3. The summed E-state index contributed by atoms with van der Waals surface area (Å²) in [5, 5.41) is 11.6. The fourth-order valence-corrected chi connectivity index (χ4v) is 2.93. The molecule has 0 atom stereocenters. The molecule has 0 amide bonds. The zero-order valence-electron chi connectivity index (χ0n) is 13.3. The van der Waals surface area contributed by atoms with Gasteiger partial charge in [-0.2, -0.15) is 0 Å². The summed E-state index contributed by atoms with van der Waals surface area (Å²) in [6, 6.07) is 0. The van der Waals surface area contributed by atoms with Gasteiger partial charge in [0, 0.05) is 50.6 Å². The van der Waals surface area contributed by atoms with Crippen molar-refractivity contribution in [2.45, 2.75) is 52.1 Å². The lowest BCUT2D eigenvalue weighted by Crippen LogP contribution is -2.26. The second-order valence-corrected chi connectivity index (χ2v) is 6.77. The first kappa shape index (κ1) is 14.3. The molecule has 6 nitrogen and oxygen atoms in total. The van der Waals surface area contributed by atoms with E-state index < -0.39 is 0 Å². The Labute approximate surface area is 125 Å². The van der Waals surface area contributed by atoms with Gasteiger partial charge in [-0.15, -0.1) is 10.2 Å². The molecule has 0 radical (unpaired) electrons. The van der Waals surface area contributed by atoms with Gasteiger partial charge < -0.3 is 14.5 Å². The van der Waals surface area contributed by atoms with Gasteiger partial charge in [-0.1, -0.05) is 20.8 Å². The Morgan fingerprint density at radius 3 is 2.81 bits per heavy atom. The average Bonchev–Trinajstić information content (AvgIpc) is 2.99.